The number of anilines is 1. The predicted octanol–water partition coefficient (Wildman–Crippen LogP) is 4.00. The van der Waals surface area contributed by atoms with E-state index in [0.717, 1.165) is 29.8 Å². The van der Waals surface area contributed by atoms with Gasteiger partial charge in [-0.25, -0.2) is 0 Å². The Morgan fingerprint density at radius 2 is 1.53 bits per heavy atom. The average molecular weight is 401 g/mol. The van der Waals surface area contributed by atoms with Crippen molar-refractivity contribution in [2.24, 2.45) is 0 Å². The highest BCUT2D eigenvalue weighted by molar-refractivity contribution is 5.99. The number of aliphatic hydroxyl groups is 1. The van der Waals surface area contributed by atoms with Crippen molar-refractivity contribution in [2.45, 2.75) is 18.9 Å². The maximum atomic E-state index is 13.2. The molecule has 1 unspecified atom stereocenters. The van der Waals surface area contributed by atoms with Gasteiger partial charge in [0.2, 0.25) is 5.91 Å². The summed E-state index contributed by atoms with van der Waals surface area (Å²) in [4.78, 5) is 17.4. The van der Waals surface area contributed by atoms with E-state index in [9.17, 15) is 9.90 Å². The third kappa shape index (κ3) is 4.61. The number of nitrogens with zero attached hydrogens (tertiary/aromatic N) is 2. The minimum absolute atomic E-state index is 0.112. The van der Waals surface area contributed by atoms with Crippen molar-refractivity contribution in [2.75, 3.05) is 31.1 Å². The van der Waals surface area contributed by atoms with Crippen LogP contribution >= 0.6 is 0 Å². The van der Waals surface area contributed by atoms with Crippen LogP contribution in [0.2, 0.25) is 0 Å². The summed E-state index contributed by atoms with van der Waals surface area (Å²) >= 11 is 0. The third-order valence-corrected chi connectivity index (χ3v) is 5.75. The highest BCUT2D eigenvalue weighted by Crippen LogP contribution is 2.32. The number of hydrogen-bond donors (Lipinski definition) is 1. The molecule has 1 saturated heterocycles. The van der Waals surface area contributed by atoms with Crippen molar-refractivity contribution in [1.29, 1.82) is 0 Å². The maximum absolute atomic E-state index is 13.2. The van der Waals surface area contributed by atoms with E-state index < -0.39 is 0 Å². The molecule has 1 fully saturated rings. The van der Waals surface area contributed by atoms with E-state index in [2.05, 4.69) is 47.4 Å². The van der Waals surface area contributed by atoms with Crippen LogP contribution in [-0.4, -0.2) is 48.2 Å². The fraction of sp³-hybridized carbons (Fsp3) is 0.269. The summed E-state index contributed by atoms with van der Waals surface area (Å²) in [6.07, 6.45) is 1.56. The zero-order valence-electron chi connectivity index (χ0n) is 17.2. The van der Waals surface area contributed by atoms with Gasteiger partial charge in [-0.05, 0) is 30.0 Å². The van der Waals surface area contributed by atoms with Crippen LogP contribution in [0.4, 0.5) is 5.69 Å². The van der Waals surface area contributed by atoms with Crippen molar-refractivity contribution < 1.29 is 9.90 Å². The summed E-state index contributed by atoms with van der Waals surface area (Å²) in [6, 6.07) is 29.0. The van der Waals surface area contributed by atoms with Gasteiger partial charge in [-0.3, -0.25) is 9.69 Å². The van der Waals surface area contributed by atoms with Crippen LogP contribution < -0.4 is 4.90 Å². The van der Waals surface area contributed by atoms with Crippen LogP contribution in [0.15, 0.2) is 84.9 Å². The zero-order valence-corrected chi connectivity index (χ0v) is 17.2. The van der Waals surface area contributed by atoms with Crippen LogP contribution in [0, 0.1) is 0 Å². The van der Waals surface area contributed by atoms with E-state index in [-0.39, 0.29) is 18.6 Å². The molecule has 0 radical (unpaired) electrons. The Hall–Kier alpha value is -2.95. The number of rotatable bonds is 7. The number of piperazine rings is 1. The van der Waals surface area contributed by atoms with E-state index in [1.807, 2.05) is 47.4 Å². The summed E-state index contributed by atoms with van der Waals surface area (Å²) in [5.41, 5.74) is 4.42. The van der Waals surface area contributed by atoms with Crippen molar-refractivity contribution >= 4 is 11.6 Å². The Morgan fingerprint density at radius 3 is 2.27 bits per heavy atom. The molecule has 1 aliphatic rings. The van der Waals surface area contributed by atoms with Gasteiger partial charge in [0, 0.05) is 31.3 Å². The first-order valence-electron chi connectivity index (χ1n) is 10.6. The second-order valence-corrected chi connectivity index (χ2v) is 7.78. The Bertz CT molecular complexity index is 959. The molecule has 4 heteroatoms. The molecule has 1 atom stereocenters. The van der Waals surface area contributed by atoms with Gasteiger partial charge in [0.1, 0.15) is 0 Å². The lowest BCUT2D eigenvalue weighted by Crippen LogP contribution is -2.57. The van der Waals surface area contributed by atoms with Crippen LogP contribution in [0.1, 0.15) is 12.0 Å². The molecule has 0 bridgehead atoms. The van der Waals surface area contributed by atoms with E-state index in [4.69, 9.17) is 0 Å². The van der Waals surface area contributed by atoms with Crippen LogP contribution in [-0.2, 0) is 11.2 Å². The highest BCUT2D eigenvalue weighted by atomic mass is 16.3. The standard InChI is InChI=1S/C26H28N2O2/c29-17-9-16-27-20-26(30)28(19-23(27)18-21-10-3-1-4-11-21)25-15-8-7-14-24(25)22-12-5-2-6-13-22/h1-8,10-15,23,29H,9,16-20H2. The Kier molecular flexibility index (Phi) is 6.57. The zero-order chi connectivity index (χ0) is 20.8. The van der Waals surface area contributed by atoms with Crippen LogP contribution in [0.25, 0.3) is 11.1 Å². The van der Waals surface area contributed by atoms with E-state index >= 15 is 0 Å². The Balaban J connectivity index is 1.64. The molecule has 1 aliphatic heterocycles. The number of amides is 1. The molecular weight excluding hydrogens is 372 g/mol. The first-order valence-corrected chi connectivity index (χ1v) is 10.6. The van der Waals surface area contributed by atoms with Crippen molar-refractivity contribution in [3.8, 4) is 11.1 Å². The summed E-state index contributed by atoms with van der Waals surface area (Å²) in [7, 11) is 0. The number of aliphatic hydroxyl groups excluding tert-OH is 1. The van der Waals surface area contributed by atoms with Gasteiger partial charge in [0.15, 0.2) is 0 Å². The SMILES string of the molecule is O=C1CN(CCCO)C(Cc2ccccc2)CN1c1ccccc1-c1ccccc1. The van der Waals surface area contributed by atoms with Crippen molar-refractivity contribution in [3.05, 3.63) is 90.5 Å². The quantitative estimate of drug-likeness (QED) is 0.652. The lowest BCUT2D eigenvalue weighted by Gasteiger charge is -2.41. The Labute approximate surface area is 178 Å². The molecule has 4 nitrogen and oxygen atoms in total. The maximum Gasteiger partial charge on any atom is 0.241 e. The number of benzene rings is 3. The minimum Gasteiger partial charge on any atom is -0.396 e. The second-order valence-electron chi connectivity index (χ2n) is 7.78. The van der Waals surface area contributed by atoms with Gasteiger partial charge in [0.05, 0.1) is 12.2 Å². The molecule has 0 aromatic heterocycles. The fourth-order valence-corrected chi connectivity index (χ4v) is 4.24. The topological polar surface area (TPSA) is 43.8 Å². The van der Waals surface area contributed by atoms with E-state index in [0.29, 0.717) is 19.5 Å². The van der Waals surface area contributed by atoms with Gasteiger partial charge in [-0.15, -0.1) is 0 Å². The van der Waals surface area contributed by atoms with Gasteiger partial charge < -0.3 is 10.0 Å². The predicted molar refractivity (Wildman–Crippen MR) is 121 cm³/mol. The molecule has 0 spiro atoms. The molecule has 3 aromatic rings. The van der Waals surface area contributed by atoms with Crippen molar-refractivity contribution in [3.63, 3.8) is 0 Å². The first-order chi connectivity index (χ1) is 14.8. The lowest BCUT2D eigenvalue weighted by molar-refractivity contribution is -0.122. The van der Waals surface area contributed by atoms with Crippen LogP contribution in [0.5, 0.6) is 0 Å². The van der Waals surface area contributed by atoms with E-state index in [1.165, 1.54) is 5.56 Å². The molecular formula is C26H28N2O2. The monoisotopic (exact) mass is 400 g/mol. The third-order valence-electron chi connectivity index (χ3n) is 5.75. The number of para-hydroxylation sites is 1. The molecule has 30 heavy (non-hydrogen) atoms. The number of carbonyl (C=O) groups is 1. The van der Waals surface area contributed by atoms with Gasteiger partial charge >= 0.3 is 0 Å². The Morgan fingerprint density at radius 1 is 0.867 bits per heavy atom. The minimum atomic E-state index is 0.112. The fourth-order valence-electron chi connectivity index (χ4n) is 4.24. The molecule has 0 saturated carbocycles. The van der Waals surface area contributed by atoms with Crippen LogP contribution in [0.3, 0.4) is 0 Å². The molecule has 1 N–H and O–H groups in total. The normalized spacial score (nSPS) is 17.3. The summed E-state index contributed by atoms with van der Waals surface area (Å²) in [6.45, 7) is 1.89. The van der Waals surface area contributed by atoms with Crippen molar-refractivity contribution in [1.82, 2.24) is 4.90 Å². The van der Waals surface area contributed by atoms with E-state index in [1.54, 1.807) is 0 Å². The molecule has 0 aliphatic carbocycles. The van der Waals surface area contributed by atoms with Gasteiger partial charge in [-0.1, -0.05) is 78.9 Å². The first kappa shape index (κ1) is 20.3. The summed E-state index contributed by atoms with van der Waals surface area (Å²) < 4.78 is 0. The highest BCUT2D eigenvalue weighted by Gasteiger charge is 2.33. The summed E-state index contributed by atoms with van der Waals surface area (Å²) in [5, 5.41) is 9.31. The van der Waals surface area contributed by atoms with Gasteiger partial charge in [0.25, 0.3) is 0 Å². The van der Waals surface area contributed by atoms with Gasteiger partial charge in [-0.2, -0.15) is 0 Å². The molecule has 4 rings (SSSR count). The average Bonchev–Trinajstić information content (AvgIpc) is 2.80. The number of carbonyl (C=O) groups excluding carboxylic acids is 1. The molecule has 3 aromatic carbocycles. The second kappa shape index (κ2) is 9.70. The summed E-state index contributed by atoms with van der Waals surface area (Å²) in [5.74, 6) is 0.112. The lowest BCUT2D eigenvalue weighted by atomic mass is 9.98. The molecule has 154 valence electrons. The molecule has 1 heterocycles. The molecule has 1 amide bonds. The number of hydrogen-bond acceptors (Lipinski definition) is 3. The smallest absolute Gasteiger partial charge is 0.241 e. The largest absolute Gasteiger partial charge is 0.396 e.